The molecule has 0 aromatic heterocycles. The van der Waals surface area contributed by atoms with Gasteiger partial charge in [0, 0.05) is 31.7 Å². The van der Waals surface area contributed by atoms with Crippen molar-refractivity contribution in [1.29, 1.82) is 0 Å². The van der Waals surface area contributed by atoms with Gasteiger partial charge in [-0.25, -0.2) is 8.42 Å². The Balaban J connectivity index is 1.40. The molecule has 2 aromatic rings. The third-order valence-corrected chi connectivity index (χ3v) is 6.75. The number of halogens is 3. The molecule has 0 aliphatic carbocycles. The van der Waals surface area contributed by atoms with Gasteiger partial charge in [0.1, 0.15) is 5.75 Å². The summed E-state index contributed by atoms with van der Waals surface area (Å²) in [6, 6.07) is 8.84. The van der Waals surface area contributed by atoms with Crippen LogP contribution in [0.15, 0.2) is 47.4 Å². The van der Waals surface area contributed by atoms with Gasteiger partial charge in [0.2, 0.25) is 16.8 Å². The monoisotopic (exact) mass is 458 g/mol. The fourth-order valence-corrected chi connectivity index (χ4v) is 4.73. The van der Waals surface area contributed by atoms with Crippen LogP contribution in [-0.4, -0.2) is 62.9 Å². The molecule has 31 heavy (non-hydrogen) atoms. The molecule has 1 fully saturated rings. The Hall–Kier alpha value is -2.99. The van der Waals surface area contributed by atoms with Gasteiger partial charge < -0.3 is 19.1 Å². The molecule has 1 saturated heterocycles. The van der Waals surface area contributed by atoms with E-state index in [9.17, 15) is 26.4 Å². The quantitative estimate of drug-likeness (QED) is 0.700. The minimum Gasteiger partial charge on any atom is -0.454 e. The lowest BCUT2D eigenvalue weighted by atomic mass is 10.1. The number of hydrogen-bond donors (Lipinski definition) is 0. The second kappa shape index (κ2) is 7.93. The molecule has 0 spiro atoms. The number of ether oxygens (including phenoxy) is 3. The predicted octanol–water partition coefficient (Wildman–Crippen LogP) is 2.46. The van der Waals surface area contributed by atoms with Gasteiger partial charge >= 0.3 is 6.36 Å². The van der Waals surface area contributed by atoms with E-state index in [4.69, 9.17) is 9.47 Å². The van der Waals surface area contributed by atoms with Gasteiger partial charge in [-0.1, -0.05) is 0 Å². The first-order valence-electron chi connectivity index (χ1n) is 9.18. The van der Waals surface area contributed by atoms with Gasteiger partial charge in [0.15, 0.2) is 11.5 Å². The maximum Gasteiger partial charge on any atom is 0.573 e. The van der Waals surface area contributed by atoms with E-state index >= 15 is 0 Å². The van der Waals surface area contributed by atoms with Gasteiger partial charge in [-0.05, 0) is 42.5 Å². The van der Waals surface area contributed by atoms with Crippen molar-refractivity contribution in [1.82, 2.24) is 9.21 Å². The zero-order valence-electron chi connectivity index (χ0n) is 16.0. The summed E-state index contributed by atoms with van der Waals surface area (Å²) < 4.78 is 77.8. The van der Waals surface area contributed by atoms with Gasteiger partial charge in [-0.15, -0.1) is 13.2 Å². The molecule has 2 aromatic carbocycles. The first-order chi connectivity index (χ1) is 14.6. The molecule has 1 amide bonds. The normalized spacial score (nSPS) is 16.9. The summed E-state index contributed by atoms with van der Waals surface area (Å²) in [5.74, 6) is 0.263. The lowest BCUT2D eigenvalue weighted by Crippen LogP contribution is -2.50. The number of fused-ring (bicyclic) bond motifs is 1. The molecule has 2 aliphatic rings. The minimum absolute atomic E-state index is 0.0550. The summed E-state index contributed by atoms with van der Waals surface area (Å²) in [6.45, 7) is 0.537. The second-order valence-corrected chi connectivity index (χ2v) is 8.72. The van der Waals surface area contributed by atoms with Crippen LogP contribution in [-0.2, 0) is 10.0 Å². The molecule has 0 N–H and O–H groups in total. The number of piperazine rings is 1. The van der Waals surface area contributed by atoms with Crippen molar-refractivity contribution in [3.8, 4) is 17.2 Å². The lowest BCUT2D eigenvalue weighted by Gasteiger charge is -2.34. The second-order valence-electron chi connectivity index (χ2n) is 6.78. The zero-order valence-corrected chi connectivity index (χ0v) is 16.8. The molecule has 8 nitrogen and oxygen atoms in total. The van der Waals surface area contributed by atoms with E-state index in [1.54, 1.807) is 18.2 Å². The van der Waals surface area contributed by atoms with Gasteiger partial charge in [0.25, 0.3) is 5.91 Å². The summed E-state index contributed by atoms with van der Waals surface area (Å²) in [6.07, 6.45) is -4.86. The maximum absolute atomic E-state index is 12.8. The molecule has 166 valence electrons. The summed E-state index contributed by atoms with van der Waals surface area (Å²) in [5.41, 5.74) is 0.404. The summed E-state index contributed by atoms with van der Waals surface area (Å²) in [5, 5.41) is 0. The van der Waals surface area contributed by atoms with Gasteiger partial charge in [0.05, 0.1) is 4.90 Å². The lowest BCUT2D eigenvalue weighted by molar-refractivity contribution is -0.274. The fraction of sp³-hybridized carbons (Fsp3) is 0.316. The highest BCUT2D eigenvalue weighted by Crippen LogP contribution is 2.33. The molecule has 0 atom stereocenters. The third kappa shape index (κ3) is 4.54. The van der Waals surface area contributed by atoms with E-state index in [0.717, 1.165) is 24.3 Å². The van der Waals surface area contributed by atoms with Crippen molar-refractivity contribution in [3.05, 3.63) is 48.0 Å². The van der Waals surface area contributed by atoms with Crippen molar-refractivity contribution in [2.45, 2.75) is 11.3 Å². The smallest absolute Gasteiger partial charge is 0.454 e. The minimum atomic E-state index is -4.86. The number of rotatable bonds is 4. The fourth-order valence-electron chi connectivity index (χ4n) is 3.31. The van der Waals surface area contributed by atoms with Gasteiger partial charge in [-0.3, -0.25) is 4.79 Å². The number of carbonyl (C=O) groups excluding carboxylic acids is 1. The van der Waals surface area contributed by atoms with Crippen LogP contribution in [0.4, 0.5) is 13.2 Å². The Bertz CT molecular complexity index is 1080. The summed E-state index contributed by atoms with van der Waals surface area (Å²) >= 11 is 0. The molecule has 2 aliphatic heterocycles. The number of amides is 1. The Kier molecular flexibility index (Phi) is 5.43. The van der Waals surface area contributed by atoms with Crippen LogP contribution >= 0.6 is 0 Å². The van der Waals surface area contributed by atoms with E-state index in [1.165, 1.54) is 9.21 Å². The Labute approximate surface area is 175 Å². The Morgan fingerprint density at radius 2 is 1.58 bits per heavy atom. The molecule has 0 radical (unpaired) electrons. The number of benzene rings is 2. The Morgan fingerprint density at radius 1 is 0.935 bits per heavy atom. The van der Waals surface area contributed by atoms with Crippen molar-refractivity contribution in [2.24, 2.45) is 0 Å². The average Bonchev–Trinajstić information content (AvgIpc) is 3.20. The predicted molar refractivity (Wildman–Crippen MR) is 100 cm³/mol. The van der Waals surface area contributed by atoms with E-state index in [1.807, 2.05) is 0 Å². The van der Waals surface area contributed by atoms with Crippen LogP contribution in [0.3, 0.4) is 0 Å². The van der Waals surface area contributed by atoms with Crippen LogP contribution in [0.2, 0.25) is 0 Å². The van der Waals surface area contributed by atoms with Gasteiger partial charge in [-0.2, -0.15) is 4.31 Å². The highest BCUT2D eigenvalue weighted by atomic mass is 32.2. The van der Waals surface area contributed by atoms with Crippen molar-refractivity contribution in [3.63, 3.8) is 0 Å². The number of alkyl halides is 3. The third-order valence-electron chi connectivity index (χ3n) is 4.84. The largest absolute Gasteiger partial charge is 0.573 e. The number of hydrogen-bond acceptors (Lipinski definition) is 6. The first-order valence-corrected chi connectivity index (χ1v) is 10.6. The number of carbonyl (C=O) groups is 1. The Morgan fingerprint density at radius 3 is 2.23 bits per heavy atom. The standard InChI is InChI=1S/C19H17F3N2O6S/c20-19(21,22)30-14-2-4-15(5-3-14)31(26,27)24-9-7-23(8-10-24)18(25)13-1-6-16-17(11-13)29-12-28-16/h1-6,11H,7-10,12H2. The van der Waals surface area contributed by atoms with Crippen molar-refractivity contribution >= 4 is 15.9 Å². The molecular weight excluding hydrogens is 441 g/mol. The van der Waals surface area contributed by atoms with E-state index in [2.05, 4.69) is 4.74 Å². The van der Waals surface area contributed by atoms with Crippen LogP contribution in [0.1, 0.15) is 10.4 Å². The van der Waals surface area contributed by atoms with Crippen molar-refractivity contribution < 1.29 is 40.6 Å². The summed E-state index contributed by atoms with van der Waals surface area (Å²) in [4.78, 5) is 14.1. The molecule has 2 heterocycles. The van der Waals surface area contributed by atoms with Crippen LogP contribution in [0.25, 0.3) is 0 Å². The molecule has 4 rings (SSSR count). The number of nitrogens with zero attached hydrogens (tertiary/aromatic N) is 2. The maximum atomic E-state index is 12.8. The van der Waals surface area contributed by atoms with E-state index in [-0.39, 0.29) is 43.8 Å². The van der Waals surface area contributed by atoms with Crippen molar-refractivity contribution in [2.75, 3.05) is 33.0 Å². The zero-order chi connectivity index (χ0) is 22.2. The van der Waals surface area contributed by atoms with Crippen LogP contribution < -0.4 is 14.2 Å². The average molecular weight is 458 g/mol. The highest BCUT2D eigenvalue weighted by molar-refractivity contribution is 7.89. The first kappa shape index (κ1) is 21.2. The molecule has 12 heteroatoms. The molecular formula is C19H17F3N2O6S. The summed E-state index contributed by atoms with van der Waals surface area (Å²) in [7, 11) is -3.92. The SMILES string of the molecule is O=C(c1ccc2c(c1)OCO2)N1CCN(S(=O)(=O)c2ccc(OC(F)(F)F)cc2)CC1. The van der Waals surface area contributed by atoms with Crippen LogP contribution in [0.5, 0.6) is 17.2 Å². The molecule has 0 bridgehead atoms. The van der Waals surface area contributed by atoms with E-state index < -0.39 is 22.1 Å². The molecule has 0 saturated carbocycles. The van der Waals surface area contributed by atoms with E-state index in [0.29, 0.717) is 17.1 Å². The van der Waals surface area contributed by atoms with Crippen LogP contribution in [0, 0.1) is 0 Å². The highest BCUT2D eigenvalue weighted by Gasteiger charge is 2.33. The molecule has 0 unspecified atom stereocenters. The topological polar surface area (TPSA) is 85.4 Å². The number of sulfonamides is 1.